The summed E-state index contributed by atoms with van der Waals surface area (Å²) < 4.78 is 27.0. The van der Waals surface area contributed by atoms with Crippen molar-refractivity contribution in [2.45, 2.75) is 38.1 Å². The first kappa shape index (κ1) is 15.9. The van der Waals surface area contributed by atoms with Crippen LogP contribution in [0.25, 0.3) is 0 Å². The molecule has 0 saturated carbocycles. The number of nitrogens with zero attached hydrogens (tertiary/aromatic N) is 1. The molecular formula is C12H21N3O3S. The number of pyridine rings is 1. The predicted molar refractivity (Wildman–Crippen MR) is 73.9 cm³/mol. The van der Waals surface area contributed by atoms with Crippen LogP contribution in [0.5, 0.6) is 0 Å². The summed E-state index contributed by atoms with van der Waals surface area (Å²) in [6, 6.07) is 2.48. The van der Waals surface area contributed by atoms with E-state index >= 15 is 0 Å². The standard InChI is InChI=1S/C12H21N3O3S/c1-12(2,3)10(6-7-16)15-19(17,18)9-4-5-11(13)14-8-9/h4-5,8,10,15-16H,6-7H2,1-3H3,(H2,13,14). The number of aromatic nitrogens is 1. The number of sulfonamides is 1. The van der Waals surface area contributed by atoms with Gasteiger partial charge in [0.25, 0.3) is 0 Å². The number of aliphatic hydroxyl groups excluding tert-OH is 1. The monoisotopic (exact) mass is 287 g/mol. The van der Waals surface area contributed by atoms with Crippen LogP contribution in [0.3, 0.4) is 0 Å². The molecule has 1 atom stereocenters. The van der Waals surface area contributed by atoms with Crippen molar-refractivity contribution in [2.24, 2.45) is 5.41 Å². The summed E-state index contributed by atoms with van der Waals surface area (Å²) in [7, 11) is -3.66. The van der Waals surface area contributed by atoms with Gasteiger partial charge in [-0.15, -0.1) is 0 Å². The van der Waals surface area contributed by atoms with E-state index in [2.05, 4.69) is 9.71 Å². The van der Waals surface area contributed by atoms with Crippen molar-refractivity contribution in [3.8, 4) is 0 Å². The van der Waals surface area contributed by atoms with Crippen LogP contribution in [-0.4, -0.2) is 31.2 Å². The molecule has 0 saturated heterocycles. The van der Waals surface area contributed by atoms with Gasteiger partial charge in [0.05, 0.1) is 0 Å². The SMILES string of the molecule is CC(C)(C)C(CCO)NS(=O)(=O)c1ccc(N)nc1. The Labute approximate surface area is 114 Å². The van der Waals surface area contributed by atoms with Crippen LogP contribution in [-0.2, 0) is 10.0 Å². The molecule has 0 aliphatic heterocycles. The Kier molecular flexibility index (Phi) is 4.89. The Hall–Kier alpha value is -1.18. The van der Waals surface area contributed by atoms with Gasteiger partial charge in [-0.3, -0.25) is 0 Å². The van der Waals surface area contributed by atoms with Gasteiger partial charge >= 0.3 is 0 Å². The van der Waals surface area contributed by atoms with E-state index in [0.29, 0.717) is 6.42 Å². The molecule has 0 aliphatic rings. The molecule has 19 heavy (non-hydrogen) atoms. The zero-order valence-corrected chi connectivity index (χ0v) is 12.2. The second-order valence-corrected chi connectivity index (χ2v) is 7.18. The van der Waals surface area contributed by atoms with Crippen molar-refractivity contribution in [3.05, 3.63) is 18.3 Å². The number of nitrogens with one attached hydrogen (secondary N) is 1. The van der Waals surface area contributed by atoms with E-state index in [1.54, 1.807) is 0 Å². The van der Waals surface area contributed by atoms with Crippen LogP contribution in [0.15, 0.2) is 23.2 Å². The van der Waals surface area contributed by atoms with Crippen LogP contribution >= 0.6 is 0 Å². The topological polar surface area (TPSA) is 105 Å². The van der Waals surface area contributed by atoms with E-state index < -0.39 is 10.0 Å². The first-order chi connectivity index (χ1) is 8.66. The summed E-state index contributed by atoms with van der Waals surface area (Å²) in [5.41, 5.74) is 5.13. The maximum atomic E-state index is 12.2. The minimum atomic E-state index is -3.66. The lowest BCUT2D eigenvalue weighted by atomic mass is 9.86. The highest BCUT2D eigenvalue weighted by atomic mass is 32.2. The summed E-state index contributed by atoms with van der Waals surface area (Å²) in [6.45, 7) is 5.66. The van der Waals surface area contributed by atoms with Crippen molar-refractivity contribution >= 4 is 15.8 Å². The highest BCUT2D eigenvalue weighted by molar-refractivity contribution is 7.89. The molecule has 6 nitrogen and oxygen atoms in total. The van der Waals surface area contributed by atoms with Crippen LogP contribution in [0.2, 0.25) is 0 Å². The summed E-state index contributed by atoms with van der Waals surface area (Å²) in [6.07, 6.45) is 1.57. The van der Waals surface area contributed by atoms with Crippen LogP contribution < -0.4 is 10.5 Å². The molecule has 1 unspecified atom stereocenters. The quantitative estimate of drug-likeness (QED) is 0.740. The average Bonchev–Trinajstić information content (AvgIpc) is 2.27. The highest BCUT2D eigenvalue weighted by Crippen LogP contribution is 2.23. The predicted octanol–water partition coefficient (Wildman–Crippen LogP) is 0.739. The number of anilines is 1. The Balaban J connectivity index is 2.97. The maximum Gasteiger partial charge on any atom is 0.242 e. The molecule has 0 spiro atoms. The zero-order chi connectivity index (χ0) is 14.7. The Morgan fingerprint density at radius 3 is 2.47 bits per heavy atom. The van der Waals surface area contributed by atoms with Crippen LogP contribution in [0.1, 0.15) is 27.2 Å². The summed E-state index contributed by atoms with van der Waals surface area (Å²) in [5.74, 6) is 0.265. The van der Waals surface area contributed by atoms with Crippen LogP contribution in [0.4, 0.5) is 5.82 Å². The smallest absolute Gasteiger partial charge is 0.242 e. The van der Waals surface area contributed by atoms with Gasteiger partial charge in [-0.25, -0.2) is 18.1 Å². The maximum absolute atomic E-state index is 12.2. The fraction of sp³-hybridized carbons (Fsp3) is 0.583. The molecule has 0 amide bonds. The molecule has 1 aromatic heterocycles. The number of hydrogen-bond acceptors (Lipinski definition) is 5. The third-order valence-corrected chi connectivity index (χ3v) is 4.29. The van der Waals surface area contributed by atoms with E-state index in [1.807, 2.05) is 20.8 Å². The molecule has 4 N–H and O–H groups in total. The Bertz CT molecular complexity index is 506. The highest BCUT2D eigenvalue weighted by Gasteiger charge is 2.29. The fourth-order valence-corrected chi connectivity index (χ4v) is 3.02. The first-order valence-electron chi connectivity index (χ1n) is 6.01. The van der Waals surface area contributed by atoms with Gasteiger partial charge in [-0.1, -0.05) is 20.8 Å². The molecule has 1 aromatic rings. The molecule has 1 rings (SSSR count). The number of nitrogens with two attached hydrogens (primary N) is 1. The molecular weight excluding hydrogens is 266 g/mol. The lowest BCUT2D eigenvalue weighted by Gasteiger charge is -2.30. The Morgan fingerprint density at radius 2 is 2.05 bits per heavy atom. The number of rotatable bonds is 5. The minimum Gasteiger partial charge on any atom is -0.396 e. The fourth-order valence-electron chi connectivity index (χ4n) is 1.60. The van der Waals surface area contributed by atoms with Crippen molar-refractivity contribution in [1.82, 2.24) is 9.71 Å². The Morgan fingerprint density at radius 1 is 1.42 bits per heavy atom. The normalized spacial score (nSPS) is 14.3. The van der Waals surface area contributed by atoms with E-state index in [4.69, 9.17) is 10.8 Å². The van der Waals surface area contributed by atoms with Gasteiger partial charge in [0.2, 0.25) is 10.0 Å². The minimum absolute atomic E-state index is 0.0638. The summed E-state index contributed by atoms with van der Waals surface area (Å²) in [5, 5.41) is 9.04. The molecule has 7 heteroatoms. The number of hydrogen-bond donors (Lipinski definition) is 3. The summed E-state index contributed by atoms with van der Waals surface area (Å²) in [4.78, 5) is 3.83. The van der Waals surface area contributed by atoms with E-state index in [0.717, 1.165) is 0 Å². The largest absolute Gasteiger partial charge is 0.396 e. The number of nitrogen functional groups attached to an aromatic ring is 1. The molecule has 0 bridgehead atoms. The second kappa shape index (κ2) is 5.85. The summed E-state index contributed by atoms with van der Waals surface area (Å²) >= 11 is 0. The van der Waals surface area contributed by atoms with Gasteiger partial charge in [-0.05, 0) is 24.0 Å². The van der Waals surface area contributed by atoms with Gasteiger partial charge in [0.15, 0.2) is 0 Å². The zero-order valence-electron chi connectivity index (χ0n) is 11.4. The van der Waals surface area contributed by atoms with Gasteiger partial charge in [0.1, 0.15) is 10.7 Å². The third-order valence-electron chi connectivity index (χ3n) is 2.83. The van der Waals surface area contributed by atoms with Crippen LogP contribution in [0, 0.1) is 5.41 Å². The molecule has 0 aromatic carbocycles. The third kappa shape index (κ3) is 4.45. The molecule has 0 aliphatic carbocycles. The van der Waals surface area contributed by atoms with Gasteiger partial charge in [0, 0.05) is 18.8 Å². The lowest BCUT2D eigenvalue weighted by molar-refractivity contribution is 0.214. The van der Waals surface area contributed by atoms with Gasteiger partial charge in [-0.2, -0.15) is 0 Å². The van der Waals surface area contributed by atoms with E-state index in [1.165, 1.54) is 18.3 Å². The van der Waals surface area contributed by atoms with Gasteiger partial charge < -0.3 is 10.8 Å². The second-order valence-electron chi connectivity index (χ2n) is 5.47. The van der Waals surface area contributed by atoms with Crippen molar-refractivity contribution in [1.29, 1.82) is 0 Å². The van der Waals surface area contributed by atoms with Crippen molar-refractivity contribution in [2.75, 3.05) is 12.3 Å². The molecule has 1 heterocycles. The van der Waals surface area contributed by atoms with Crippen molar-refractivity contribution < 1.29 is 13.5 Å². The van der Waals surface area contributed by atoms with E-state index in [9.17, 15) is 8.42 Å². The first-order valence-corrected chi connectivity index (χ1v) is 7.50. The molecule has 0 radical (unpaired) electrons. The lowest BCUT2D eigenvalue weighted by Crippen LogP contribution is -2.44. The molecule has 0 fully saturated rings. The molecule has 108 valence electrons. The number of aliphatic hydroxyl groups is 1. The van der Waals surface area contributed by atoms with E-state index in [-0.39, 0.29) is 28.8 Å². The van der Waals surface area contributed by atoms with Crippen molar-refractivity contribution in [3.63, 3.8) is 0 Å². The average molecular weight is 287 g/mol.